The van der Waals surface area contributed by atoms with Gasteiger partial charge >= 0.3 is 0 Å². The first-order chi connectivity index (χ1) is 15.8. The highest BCUT2D eigenvalue weighted by atomic mass is 16.6. The number of carbonyl (C=O) groups excluding carboxylic acids is 2. The van der Waals surface area contributed by atoms with Crippen molar-refractivity contribution in [3.05, 3.63) is 105 Å². The monoisotopic (exact) mass is 446 g/mol. The Morgan fingerprint density at radius 2 is 1.76 bits per heavy atom. The quantitative estimate of drug-likeness (QED) is 0.189. The van der Waals surface area contributed by atoms with Crippen molar-refractivity contribution in [2.24, 2.45) is 0 Å². The fraction of sp³-hybridized carbons (Fsp3) is 0.200. The Morgan fingerprint density at radius 3 is 2.30 bits per heavy atom. The van der Waals surface area contributed by atoms with Crippen molar-refractivity contribution < 1.29 is 24.0 Å². The van der Waals surface area contributed by atoms with Crippen molar-refractivity contribution in [1.82, 2.24) is 4.90 Å². The molecule has 0 saturated carbocycles. The Labute approximate surface area is 189 Å². The van der Waals surface area contributed by atoms with Crippen LogP contribution in [-0.4, -0.2) is 26.6 Å². The third-order valence-electron chi connectivity index (χ3n) is 5.72. The van der Waals surface area contributed by atoms with Gasteiger partial charge in [0.25, 0.3) is 17.4 Å². The van der Waals surface area contributed by atoms with Gasteiger partial charge in [-0.3, -0.25) is 19.7 Å². The highest BCUT2D eigenvalue weighted by molar-refractivity contribution is 6.46. The molecule has 0 radical (unpaired) electrons. The minimum Gasteiger partial charge on any atom is -0.507 e. The second-order valence-electron chi connectivity index (χ2n) is 8.13. The molecule has 0 spiro atoms. The zero-order chi connectivity index (χ0) is 23.7. The van der Waals surface area contributed by atoms with Crippen LogP contribution >= 0.6 is 0 Å². The fourth-order valence-corrected chi connectivity index (χ4v) is 3.92. The molecule has 1 fully saturated rings. The number of furan rings is 1. The third-order valence-corrected chi connectivity index (χ3v) is 5.72. The summed E-state index contributed by atoms with van der Waals surface area (Å²) in [5.74, 6) is -1.17. The molecule has 168 valence electrons. The molecule has 1 atom stereocenters. The molecule has 4 rings (SSSR count). The van der Waals surface area contributed by atoms with Crippen molar-refractivity contribution in [3.63, 3.8) is 0 Å². The van der Waals surface area contributed by atoms with Gasteiger partial charge in [0.1, 0.15) is 11.5 Å². The van der Waals surface area contributed by atoms with Crippen LogP contribution in [-0.2, 0) is 16.1 Å². The number of hydrogen-bond donors (Lipinski definition) is 1. The number of non-ortho nitro benzene ring substituents is 1. The number of aliphatic hydroxyl groups excluding tert-OH is 1. The lowest BCUT2D eigenvalue weighted by Gasteiger charge is -2.25. The second-order valence-corrected chi connectivity index (χ2v) is 8.13. The van der Waals surface area contributed by atoms with Crippen LogP contribution in [0.15, 0.2) is 76.9 Å². The van der Waals surface area contributed by atoms with Gasteiger partial charge in [-0.25, -0.2) is 0 Å². The molecule has 2 heterocycles. The summed E-state index contributed by atoms with van der Waals surface area (Å²) in [4.78, 5) is 37.8. The number of carbonyl (C=O) groups is 2. The lowest BCUT2D eigenvalue weighted by atomic mass is 9.93. The molecule has 1 aliphatic rings. The van der Waals surface area contributed by atoms with Gasteiger partial charge < -0.3 is 14.4 Å². The molecular weight excluding hydrogens is 424 g/mol. The fourth-order valence-electron chi connectivity index (χ4n) is 3.92. The number of Topliss-reactive ketones (excluding diaryl/α,β-unsaturated/α-hetero) is 1. The average Bonchev–Trinajstić information content (AvgIpc) is 3.41. The van der Waals surface area contributed by atoms with E-state index in [1.807, 2.05) is 24.3 Å². The van der Waals surface area contributed by atoms with E-state index in [4.69, 9.17) is 4.42 Å². The van der Waals surface area contributed by atoms with E-state index in [0.29, 0.717) is 17.2 Å². The van der Waals surface area contributed by atoms with Gasteiger partial charge in [-0.15, -0.1) is 0 Å². The summed E-state index contributed by atoms with van der Waals surface area (Å²) in [7, 11) is 0. The van der Waals surface area contributed by atoms with Crippen LogP contribution < -0.4 is 0 Å². The molecule has 1 N–H and O–H groups in total. The van der Waals surface area contributed by atoms with Crippen LogP contribution in [0, 0.1) is 10.1 Å². The van der Waals surface area contributed by atoms with Gasteiger partial charge in [0.2, 0.25) is 0 Å². The molecule has 1 amide bonds. The normalized spacial score (nSPS) is 17.7. The van der Waals surface area contributed by atoms with Crippen molar-refractivity contribution in [1.29, 1.82) is 0 Å². The smallest absolute Gasteiger partial charge is 0.296 e. The summed E-state index contributed by atoms with van der Waals surface area (Å²) < 4.78 is 5.38. The summed E-state index contributed by atoms with van der Waals surface area (Å²) in [6.45, 7) is 4.17. The lowest BCUT2D eigenvalue weighted by Crippen LogP contribution is -2.29. The first-order valence-corrected chi connectivity index (χ1v) is 10.4. The maximum absolute atomic E-state index is 13.0. The number of nitro groups is 1. The lowest BCUT2D eigenvalue weighted by molar-refractivity contribution is -0.384. The van der Waals surface area contributed by atoms with Crippen LogP contribution in [0.4, 0.5) is 5.69 Å². The summed E-state index contributed by atoms with van der Waals surface area (Å²) in [5.41, 5.74) is 1.74. The van der Waals surface area contributed by atoms with Crippen LogP contribution in [0.5, 0.6) is 0 Å². The van der Waals surface area contributed by atoms with Crippen molar-refractivity contribution in [2.75, 3.05) is 0 Å². The predicted molar refractivity (Wildman–Crippen MR) is 120 cm³/mol. The summed E-state index contributed by atoms with van der Waals surface area (Å²) >= 11 is 0. The van der Waals surface area contributed by atoms with E-state index in [0.717, 1.165) is 5.56 Å². The SMILES string of the molecule is CC(C)c1ccc(C2/C(=C(/O)c3ccc([N+](=O)[O-])cc3)C(=O)C(=O)N2Cc2ccco2)cc1. The zero-order valence-corrected chi connectivity index (χ0v) is 18.1. The van der Waals surface area contributed by atoms with E-state index in [2.05, 4.69) is 13.8 Å². The molecule has 0 aliphatic carbocycles. The molecule has 3 aromatic rings. The third kappa shape index (κ3) is 4.15. The van der Waals surface area contributed by atoms with Gasteiger partial charge in [0.05, 0.1) is 29.3 Å². The minimum atomic E-state index is -0.841. The largest absolute Gasteiger partial charge is 0.507 e. The zero-order valence-electron chi connectivity index (χ0n) is 18.1. The number of aliphatic hydroxyl groups is 1. The molecule has 1 unspecified atom stereocenters. The molecule has 2 aromatic carbocycles. The van der Waals surface area contributed by atoms with Crippen LogP contribution in [0.2, 0.25) is 0 Å². The van der Waals surface area contributed by atoms with Crippen LogP contribution in [0.1, 0.15) is 48.3 Å². The Kier molecular flexibility index (Phi) is 5.83. The van der Waals surface area contributed by atoms with Crippen molar-refractivity contribution >= 4 is 23.1 Å². The summed E-state index contributed by atoms with van der Waals surface area (Å²) in [5, 5.41) is 22.0. The molecule has 33 heavy (non-hydrogen) atoms. The maximum Gasteiger partial charge on any atom is 0.296 e. The Bertz CT molecular complexity index is 1220. The summed E-state index contributed by atoms with van der Waals surface area (Å²) in [6, 6.07) is 15.3. The van der Waals surface area contributed by atoms with Gasteiger partial charge in [-0.1, -0.05) is 38.1 Å². The predicted octanol–water partition coefficient (Wildman–Crippen LogP) is 4.93. The molecule has 8 nitrogen and oxygen atoms in total. The number of nitrogens with zero attached hydrogens (tertiary/aromatic N) is 2. The number of benzene rings is 2. The van der Waals surface area contributed by atoms with Crippen LogP contribution in [0.25, 0.3) is 5.76 Å². The highest BCUT2D eigenvalue weighted by Gasteiger charge is 2.46. The topological polar surface area (TPSA) is 114 Å². The highest BCUT2D eigenvalue weighted by Crippen LogP contribution is 2.40. The minimum absolute atomic E-state index is 0.0468. The Balaban J connectivity index is 1.83. The number of nitro benzene ring substituents is 1. The molecule has 0 bridgehead atoms. The molecule has 1 aromatic heterocycles. The van der Waals surface area contributed by atoms with Gasteiger partial charge in [-0.2, -0.15) is 0 Å². The van der Waals surface area contributed by atoms with Gasteiger partial charge in [0.15, 0.2) is 0 Å². The van der Waals surface area contributed by atoms with E-state index in [-0.39, 0.29) is 29.1 Å². The average molecular weight is 446 g/mol. The molecule has 1 aliphatic heterocycles. The number of amides is 1. The van der Waals surface area contributed by atoms with Gasteiger partial charge in [-0.05, 0) is 41.3 Å². The number of hydrogen-bond acceptors (Lipinski definition) is 6. The van der Waals surface area contributed by atoms with Crippen molar-refractivity contribution in [3.8, 4) is 0 Å². The van der Waals surface area contributed by atoms with Crippen LogP contribution in [0.3, 0.4) is 0 Å². The Morgan fingerprint density at radius 1 is 1.09 bits per heavy atom. The van der Waals surface area contributed by atoms with E-state index < -0.39 is 22.7 Å². The Hall–Kier alpha value is -4.20. The van der Waals surface area contributed by atoms with E-state index in [1.54, 1.807) is 12.1 Å². The van der Waals surface area contributed by atoms with Crippen molar-refractivity contribution in [2.45, 2.75) is 32.4 Å². The summed E-state index contributed by atoms with van der Waals surface area (Å²) in [6.07, 6.45) is 1.48. The number of rotatable bonds is 6. The van der Waals surface area contributed by atoms with E-state index in [1.165, 1.54) is 35.4 Å². The number of ketones is 1. The van der Waals surface area contributed by atoms with E-state index >= 15 is 0 Å². The number of likely N-dealkylation sites (tertiary alicyclic amines) is 1. The molecule has 8 heteroatoms. The molecule has 1 saturated heterocycles. The van der Waals surface area contributed by atoms with E-state index in [9.17, 15) is 24.8 Å². The molecular formula is C25H22N2O6. The van der Waals surface area contributed by atoms with Gasteiger partial charge in [0, 0.05) is 17.7 Å². The standard InChI is InChI=1S/C25H22N2O6/c1-15(2)16-5-7-17(8-6-16)22-21(23(28)18-9-11-19(12-10-18)27(31)32)24(29)25(30)26(22)14-20-4-3-13-33-20/h3-13,15,22,28H,14H2,1-2H3/b23-21-. The second kappa shape index (κ2) is 8.74. The maximum atomic E-state index is 13.0. The first-order valence-electron chi connectivity index (χ1n) is 10.4. The first kappa shape index (κ1) is 22.0.